The van der Waals surface area contributed by atoms with Crippen LogP contribution in [0.3, 0.4) is 0 Å². The normalized spacial score (nSPS) is 24.2. The molecule has 5 nitrogen and oxygen atoms in total. The van der Waals surface area contributed by atoms with Gasteiger partial charge in [-0.1, -0.05) is 18.2 Å². The molecule has 2 heterocycles. The number of benzene rings is 1. The Labute approximate surface area is 128 Å². The van der Waals surface area contributed by atoms with Gasteiger partial charge >= 0.3 is 0 Å². The van der Waals surface area contributed by atoms with Crippen molar-refractivity contribution in [1.29, 1.82) is 0 Å². The van der Waals surface area contributed by atoms with Crippen LogP contribution in [0.5, 0.6) is 0 Å². The van der Waals surface area contributed by atoms with Crippen LogP contribution in [-0.4, -0.2) is 32.0 Å². The van der Waals surface area contributed by atoms with Crippen LogP contribution in [0.15, 0.2) is 48.9 Å². The van der Waals surface area contributed by atoms with E-state index in [1.165, 1.54) is 0 Å². The number of nitrogens with one attached hydrogen (secondary N) is 1. The smallest absolute Gasteiger partial charge is 0.0980 e. The molecule has 2 aromatic heterocycles. The minimum Gasteiger partial charge on any atom is -0.391 e. The maximum absolute atomic E-state index is 10.1. The number of para-hydroxylation sites is 1. The van der Waals surface area contributed by atoms with Crippen molar-refractivity contribution in [3.63, 3.8) is 0 Å². The Kier molecular flexibility index (Phi) is 3.08. The molecule has 0 bridgehead atoms. The highest BCUT2D eigenvalue weighted by molar-refractivity contribution is 5.91. The summed E-state index contributed by atoms with van der Waals surface area (Å²) in [6.07, 6.45) is 5.98. The minimum atomic E-state index is -0.357. The quantitative estimate of drug-likeness (QED) is 0.779. The summed E-state index contributed by atoms with van der Waals surface area (Å²) in [5, 5.41) is 19.1. The second-order valence-electron chi connectivity index (χ2n) is 5.92. The van der Waals surface area contributed by atoms with Crippen LogP contribution in [-0.2, 0) is 0 Å². The van der Waals surface area contributed by atoms with Gasteiger partial charge in [0.25, 0.3) is 0 Å². The molecule has 0 aliphatic heterocycles. The summed E-state index contributed by atoms with van der Waals surface area (Å²) in [4.78, 5) is 4.38. The number of aliphatic hydroxyl groups excluding tert-OH is 1. The molecule has 0 amide bonds. The van der Waals surface area contributed by atoms with Gasteiger partial charge in [0.2, 0.25) is 0 Å². The average Bonchev–Trinajstić information content (AvgIpc) is 2.92. The fraction of sp³-hybridized carbons (Fsp3) is 0.294. The van der Waals surface area contributed by atoms with Crippen molar-refractivity contribution in [3.05, 3.63) is 54.5 Å². The highest BCUT2D eigenvalue weighted by Gasteiger charge is 2.42. The van der Waals surface area contributed by atoms with E-state index in [1.54, 1.807) is 0 Å². The van der Waals surface area contributed by atoms with E-state index in [1.807, 2.05) is 54.5 Å². The van der Waals surface area contributed by atoms with Crippen molar-refractivity contribution < 1.29 is 5.11 Å². The first-order valence-electron chi connectivity index (χ1n) is 7.51. The predicted octanol–water partition coefficient (Wildman–Crippen LogP) is 2.53. The van der Waals surface area contributed by atoms with Gasteiger partial charge in [-0.15, -0.1) is 0 Å². The van der Waals surface area contributed by atoms with E-state index in [9.17, 15) is 5.11 Å². The summed E-state index contributed by atoms with van der Waals surface area (Å²) < 4.78 is 1.87. The van der Waals surface area contributed by atoms with Gasteiger partial charge in [-0.05, 0) is 31.0 Å². The van der Waals surface area contributed by atoms with Crippen molar-refractivity contribution >= 4 is 16.6 Å². The molecule has 5 heteroatoms. The van der Waals surface area contributed by atoms with Gasteiger partial charge in [0.15, 0.2) is 0 Å². The highest BCUT2D eigenvalue weighted by Crippen LogP contribution is 2.36. The van der Waals surface area contributed by atoms with E-state index < -0.39 is 0 Å². The number of hydrogen-bond donors (Lipinski definition) is 2. The summed E-state index contributed by atoms with van der Waals surface area (Å²) in [6.45, 7) is 2.01. The lowest BCUT2D eigenvalue weighted by molar-refractivity contribution is 0.0134. The predicted molar refractivity (Wildman–Crippen MR) is 85.8 cm³/mol. The maximum atomic E-state index is 10.1. The zero-order valence-corrected chi connectivity index (χ0v) is 12.3. The highest BCUT2D eigenvalue weighted by atomic mass is 16.3. The number of fused-ring (bicyclic) bond motifs is 1. The Morgan fingerprint density at radius 1 is 1.27 bits per heavy atom. The molecule has 0 unspecified atom stereocenters. The third-order valence-corrected chi connectivity index (χ3v) is 4.33. The van der Waals surface area contributed by atoms with E-state index in [0.717, 1.165) is 28.6 Å². The van der Waals surface area contributed by atoms with Gasteiger partial charge in [-0.3, -0.25) is 9.67 Å². The van der Waals surface area contributed by atoms with Crippen LogP contribution in [0.4, 0.5) is 5.69 Å². The molecule has 1 aliphatic rings. The Bertz CT molecular complexity index is 808. The summed E-state index contributed by atoms with van der Waals surface area (Å²) in [6, 6.07) is 10.2. The number of pyridine rings is 1. The molecule has 3 aromatic rings. The molecule has 4 rings (SSSR count). The topological polar surface area (TPSA) is 63.0 Å². The molecule has 3 atom stereocenters. The van der Waals surface area contributed by atoms with Gasteiger partial charge in [0.05, 0.1) is 29.9 Å². The third kappa shape index (κ3) is 2.14. The van der Waals surface area contributed by atoms with Gasteiger partial charge < -0.3 is 10.4 Å². The largest absolute Gasteiger partial charge is 0.391 e. The monoisotopic (exact) mass is 294 g/mol. The van der Waals surface area contributed by atoms with Gasteiger partial charge in [-0.2, -0.15) is 5.10 Å². The number of aromatic nitrogens is 3. The molecule has 112 valence electrons. The molecule has 1 fully saturated rings. The molecule has 1 aliphatic carbocycles. The summed E-state index contributed by atoms with van der Waals surface area (Å²) in [5.74, 6) is 0. The SMILES string of the molecule is Cc1cnn([C@H]2[C@H](O)C[C@@H]2Nc2ccnc3ccccc23)c1. The second kappa shape index (κ2) is 5.10. The van der Waals surface area contributed by atoms with Crippen molar-refractivity contribution in [1.82, 2.24) is 14.8 Å². The standard InChI is InChI=1S/C17H18N4O/c1-11-9-19-21(10-11)17-15(8-16(17)22)20-14-6-7-18-13-5-3-2-4-12(13)14/h2-7,9-10,15-17,22H,8H2,1H3,(H,18,20)/t15-,16+,17+/m0/s1. The van der Waals surface area contributed by atoms with Crippen molar-refractivity contribution in [2.75, 3.05) is 5.32 Å². The van der Waals surface area contributed by atoms with E-state index in [2.05, 4.69) is 21.5 Å². The molecule has 22 heavy (non-hydrogen) atoms. The second-order valence-corrected chi connectivity index (χ2v) is 5.92. The van der Waals surface area contributed by atoms with Crippen LogP contribution < -0.4 is 5.32 Å². The van der Waals surface area contributed by atoms with Crippen molar-refractivity contribution in [3.8, 4) is 0 Å². The number of anilines is 1. The fourth-order valence-electron chi connectivity index (χ4n) is 3.13. The summed E-state index contributed by atoms with van der Waals surface area (Å²) in [5.41, 5.74) is 3.13. The lowest BCUT2D eigenvalue weighted by atomic mass is 9.82. The zero-order chi connectivity index (χ0) is 15.1. The van der Waals surface area contributed by atoms with Crippen LogP contribution in [0.1, 0.15) is 18.0 Å². The van der Waals surface area contributed by atoms with Crippen LogP contribution in [0.25, 0.3) is 10.9 Å². The first-order valence-corrected chi connectivity index (χ1v) is 7.51. The summed E-state index contributed by atoms with van der Waals surface area (Å²) in [7, 11) is 0. The minimum absolute atomic E-state index is 0.0272. The Balaban J connectivity index is 1.62. The number of hydrogen-bond acceptors (Lipinski definition) is 4. The van der Waals surface area contributed by atoms with Crippen LogP contribution in [0, 0.1) is 6.92 Å². The Morgan fingerprint density at radius 3 is 2.91 bits per heavy atom. The van der Waals surface area contributed by atoms with E-state index >= 15 is 0 Å². The maximum Gasteiger partial charge on any atom is 0.0980 e. The number of aryl methyl sites for hydroxylation is 1. The summed E-state index contributed by atoms with van der Waals surface area (Å²) >= 11 is 0. The number of nitrogens with zero attached hydrogens (tertiary/aromatic N) is 3. The molecular formula is C17H18N4O. The van der Waals surface area contributed by atoms with Gasteiger partial charge in [0, 0.05) is 23.5 Å². The van der Waals surface area contributed by atoms with Crippen LogP contribution in [0.2, 0.25) is 0 Å². The third-order valence-electron chi connectivity index (χ3n) is 4.33. The van der Waals surface area contributed by atoms with E-state index in [4.69, 9.17) is 0 Å². The van der Waals surface area contributed by atoms with Gasteiger partial charge in [0.1, 0.15) is 0 Å². The Morgan fingerprint density at radius 2 is 2.14 bits per heavy atom. The first-order chi connectivity index (χ1) is 10.7. The molecule has 1 aromatic carbocycles. The molecule has 1 saturated carbocycles. The first kappa shape index (κ1) is 13.3. The number of aliphatic hydroxyl groups is 1. The van der Waals surface area contributed by atoms with Crippen molar-refractivity contribution in [2.24, 2.45) is 0 Å². The molecule has 0 spiro atoms. The average molecular weight is 294 g/mol. The van der Waals surface area contributed by atoms with E-state index in [-0.39, 0.29) is 18.2 Å². The Hall–Kier alpha value is -2.40. The molecule has 2 N–H and O–H groups in total. The molecule has 0 saturated heterocycles. The van der Waals surface area contributed by atoms with Crippen LogP contribution >= 0.6 is 0 Å². The lowest BCUT2D eigenvalue weighted by Crippen LogP contribution is -2.51. The lowest BCUT2D eigenvalue weighted by Gasteiger charge is -2.42. The van der Waals surface area contributed by atoms with E-state index in [0.29, 0.717) is 0 Å². The number of rotatable bonds is 3. The molecular weight excluding hydrogens is 276 g/mol. The van der Waals surface area contributed by atoms with Gasteiger partial charge in [-0.25, -0.2) is 0 Å². The zero-order valence-electron chi connectivity index (χ0n) is 12.3. The van der Waals surface area contributed by atoms with Crippen molar-refractivity contribution in [2.45, 2.75) is 31.5 Å². The fourth-order valence-corrected chi connectivity index (χ4v) is 3.13. The molecule has 0 radical (unpaired) electrons.